The summed E-state index contributed by atoms with van der Waals surface area (Å²) in [4.78, 5) is 12.4. The van der Waals surface area contributed by atoms with Crippen molar-refractivity contribution in [2.24, 2.45) is 0 Å². The van der Waals surface area contributed by atoms with Gasteiger partial charge in [-0.15, -0.1) is 0 Å². The molecule has 124 valence electrons. The van der Waals surface area contributed by atoms with Crippen LogP contribution in [0.15, 0.2) is 28.7 Å². The molecule has 1 saturated carbocycles. The Kier molecular flexibility index (Phi) is 5.65. The first-order valence-corrected chi connectivity index (χ1v) is 9.74. The molecule has 23 heavy (non-hydrogen) atoms. The third kappa shape index (κ3) is 3.92. The second kappa shape index (κ2) is 7.91. The van der Waals surface area contributed by atoms with Gasteiger partial charge >= 0.3 is 0 Å². The first kappa shape index (κ1) is 16.4. The zero-order valence-electron chi connectivity index (χ0n) is 13.8. The van der Waals surface area contributed by atoms with Gasteiger partial charge in [0.15, 0.2) is 5.76 Å². The van der Waals surface area contributed by atoms with Crippen molar-refractivity contribution in [3.8, 4) is 0 Å². The molecule has 3 rings (SSSR count). The monoisotopic (exact) mass is 331 g/mol. The van der Waals surface area contributed by atoms with Crippen LogP contribution in [0, 0.1) is 0 Å². The van der Waals surface area contributed by atoms with Crippen LogP contribution in [-0.4, -0.2) is 17.7 Å². The van der Waals surface area contributed by atoms with E-state index in [2.05, 4.69) is 18.3 Å². The number of nitrogens with one attached hydrogen (secondary N) is 1. The molecule has 1 N–H and O–H groups in total. The molecule has 0 bridgehead atoms. The Morgan fingerprint density at radius 3 is 2.83 bits per heavy atom. The summed E-state index contributed by atoms with van der Waals surface area (Å²) in [7, 11) is 0. The number of fused-ring (bicyclic) bond motifs is 1. The highest BCUT2D eigenvalue weighted by atomic mass is 32.2. The second-order valence-electron chi connectivity index (χ2n) is 6.23. The Balaban J connectivity index is 1.81. The van der Waals surface area contributed by atoms with Gasteiger partial charge in [-0.1, -0.05) is 44.4 Å². The lowest BCUT2D eigenvalue weighted by atomic mass is 10.0. The van der Waals surface area contributed by atoms with Gasteiger partial charge in [0.1, 0.15) is 5.58 Å². The Hall–Kier alpha value is -1.42. The van der Waals surface area contributed by atoms with Gasteiger partial charge in [-0.05, 0) is 25.3 Å². The van der Waals surface area contributed by atoms with Crippen LogP contribution in [0.1, 0.15) is 61.6 Å². The summed E-state index contributed by atoms with van der Waals surface area (Å²) >= 11 is 1.99. The molecule has 0 saturated heterocycles. The zero-order chi connectivity index (χ0) is 16.1. The predicted octanol–water partition coefficient (Wildman–Crippen LogP) is 5.14. The largest absolute Gasteiger partial charge is 0.451 e. The van der Waals surface area contributed by atoms with E-state index in [1.807, 2.05) is 30.0 Å². The van der Waals surface area contributed by atoms with E-state index in [-0.39, 0.29) is 5.91 Å². The van der Waals surface area contributed by atoms with E-state index in [4.69, 9.17) is 4.42 Å². The zero-order valence-corrected chi connectivity index (χ0v) is 14.6. The lowest BCUT2D eigenvalue weighted by molar-refractivity contribution is 0.0927. The minimum Gasteiger partial charge on any atom is -0.451 e. The predicted molar refractivity (Wildman–Crippen MR) is 97.0 cm³/mol. The maximum Gasteiger partial charge on any atom is 0.287 e. The molecule has 1 aliphatic rings. The molecule has 1 aromatic carbocycles. The van der Waals surface area contributed by atoms with Crippen molar-refractivity contribution < 1.29 is 9.21 Å². The topological polar surface area (TPSA) is 42.2 Å². The van der Waals surface area contributed by atoms with Crippen molar-refractivity contribution in [3.05, 3.63) is 35.6 Å². The average molecular weight is 331 g/mol. The molecule has 1 aromatic heterocycles. The van der Waals surface area contributed by atoms with Crippen LogP contribution >= 0.6 is 11.8 Å². The Morgan fingerprint density at radius 2 is 2.04 bits per heavy atom. The summed E-state index contributed by atoms with van der Waals surface area (Å²) in [6.07, 6.45) is 7.59. The van der Waals surface area contributed by atoms with Gasteiger partial charge in [-0.3, -0.25) is 4.79 Å². The minimum atomic E-state index is -0.0812. The number of benzene rings is 1. The van der Waals surface area contributed by atoms with Gasteiger partial charge in [-0.25, -0.2) is 0 Å². The van der Waals surface area contributed by atoms with Crippen LogP contribution in [0.3, 0.4) is 0 Å². The van der Waals surface area contributed by atoms with Crippen LogP contribution in [0.4, 0.5) is 0 Å². The number of amides is 1. The fourth-order valence-electron chi connectivity index (χ4n) is 3.18. The van der Waals surface area contributed by atoms with Gasteiger partial charge in [-0.2, -0.15) is 11.8 Å². The first-order valence-electron chi connectivity index (χ1n) is 8.69. The molecular weight excluding hydrogens is 306 g/mol. The van der Waals surface area contributed by atoms with Crippen LogP contribution in [0.25, 0.3) is 11.0 Å². The fourth-order valence-corrected chi connectivity index (χ4v) is 4.53. The number of para-hydroxylation sites is 1. The lowest BCUT2D eigenvalue weighted by Gasteiger charge is -2.20. The SMILES string of the molecule is CCCNC(=O)c1oc2ccccc2c1CSC1CCCCC1. The molecule has 1 fully saturated rings. The van der Waals surface area contributed by atoms with Crippen LogP contribution in [0.5, 0.6) is 0 Å². The quantitative estimate of drug-likeness (QED) is 0.797. The number of carbonyl (C=O) groups is 1. The Bertz CT molecular complexity index is 658. The van der Waals surface area contributed by atoms with E-state index < -0.39 is 0 Å². The molecule has 1 aliphatic carbocycles. The molecule has 1 heterocycles. The minimum absolute atomic E-state index is 0.0812. The number of rotatable bonds is 6. The summed E-state index contributed by atoms with van der Waals surface area (Å²) in [5, 5.41) is 4.75. The van der Waals surface area contributed by atoms with Gasteiger partial charge in [0, 0.05) is 28.5 Å². The van der Waals surface area contributed by atoms with Gasteiger partial charge in [0.25, 0.3) is 5.91 Å². The molecule has 1 amide bonds. The molecule has 0 aliphatic heterocycles. The molecule has 3 nitrogen and oxygen atoms in total. The number of hydrogen-bond acceptors (Lipinski definition) is 3. The first-order chi connectivity index (χ1) is 11.3. The highest BCUT2D eigenvalue weighted by molar-refractivity contribution is 7.99. The van der Waals surface area contributed by atoms with Crippen molar-refractivity contribution >= 4 is 28.6 Å². The van der Waals surface area contributed by atoms with Crippen LogP contribution in [0.2, 0.25) is 0 Å². The van der Waals surface area contributed by atoms with Crippen molar-refractivity contribution in [1.82, 2.24) is 5.32 Å². The van der Waals surface area contributed by atoms with Crippen molar-refractivity contribution in [1.29, 1.82) is 0 Å². The number of thioether (sulfide) groups is 1. The Morgan fingerprint density at radius 1 is 1.26 bits per heavy atom. The molecule has 0 atom stereocenters. The van der Waals surface area contributed by atoms with Crippen molar-refractivity contribution in [3.63, 3.8) is 0 Å². The van der Waals surface area contributed by atoms with E-state index in [0.29, 0.717) is 12.3 Å². The van der Waals surface area contributed by atoms with Crippen molar-refractivity contribution in [2.45, 2.75) is 56.5 Å². The van der Waals surface area contributed by atoms with E-state index in [1.54, 1.807) is 0 Å². The molecule has 4 heteroatoms. The van der Waals surface area contributed by atoms with E-state index in [0.717, 1.165) is 34.0 Å². The number of furan rings is 1. The summed E-state index contributed by atoms with van der Waals surface area (Å²) in [6.45, 7) is 2.74. The maximum atomic E-state index is 12.4. The number of hydrogen-bond donors (Lipinski definition) is 1. The van der Waals surface area contributed by atoms with Gasteiger partial charge < -0.3 is 9.73 Å². The van der Waals surface area contributed by atoms with E-state index >= 15 is 0 Å². The van der Waals surface area contributed by atoms with Gasteiger partial charge in [0.05, 0.1) is 0 Å². The fraction of sp³-hybridized carbons (Fsp3) is 0.526. The highest BCUT2D eigenvalue weighted by Crippen LogP contribution is 2.34. The third-order valence-corrected chi connectivity index (χ3v) is 5.85. The van der Waals surface area contributed by atoms with Gasteiger partial charge in [0.2, 0.25) is 0 Å². The summed E-state index contributed by atoms with van der Waals surface area (Å²) < 4.78 is 5.87. The average Bonchev–Trinajstić information content (AvgIpc) is 2.97. The normalized spacial score (nSPS) is 15.9. The summed E-state index contributed by atoms with van der Waals surface area (Å²) in [6, 6.07) is 7.98. The second-order valence-corrected chi connectivity index (χ2v) is 7.52. The van der Waals surface area contributed by atoms with E-state index in [1.165, 1.54) is 32.1 Å². The summed E-state index contributed by atoms with van der Waals surface area (Å²) in [5.74, 6) is 1.28. The molecule has 0 radical (unpaired) electrons. The molecule has 0 unspecified atom stereocenters. The Labute approximate surface area is 142 Å². The molecule has 2 aromatic rings. The smallest absolute Gasteiger partial charge is 0.287 e. The van der Waals surface area contributed by atoms with E-state index in [9.17, 15) is 4.79 Å². The number of carbonyl (C=O) groups excluding carboxylic acids is 1. The van der Waals surface area contributed by atoms with Crippen LogP contribution in [-0.2, 0) is 5.75 Å². The highest BCUT2D eigenvalue weighted by Gasteiger charge is 2.22. The lowest BCUT2D eigenvalue weighted by Crippen LogP contribution is -2.24. The standard InChI is InChI=1S/C19H25NO2S/c1-2-12-20-19(21)18-16(13-23-14-8-4-3-5-9-14)15-10-6-7-11-17(15)22-18/h6-7,10-11,14H,2-5,8-9,12-13H2,1H3,(H,20,21). The van der Waals surface area contributed by atoms with Crippen LogP contribution < -0.4 is 5.32 Å². The third-order valence-electron chi connectivity index (χ3n) is 4.46. The molecule has 0 spiro atoms. The van der Waals surface area contributed by atoms with Crippen molar-refractivity contribution in [2.75, 3.05) is 6.54 Å². The summed E-state index contributed by atoms with van der Waals surface area (Å²) in [5.41, 5.74) is 1.87. The maximum absolute atomic E-state index is 12.4. The molecular formula is C19H25NO2S.